The molecule has 0 saturated carbocycles. The van der Waals surface area contributed by atoms with Crippen molar-refractivity contribution >= 4 is 29.4 Å². The van der Waals surface area contributed by atoms with Gasteiger partial charge in [-0.3, -0.25) is 9.36 Å². The minimum Gasteiger partial charge on any atom is -0.497 e. The van der Waals surface area contributed by atoms with E-state index >= 15 is 0 Å². The van der Waals surface area contributed by atoms with Crippen LogP contribution < -0.4 is 24.4 Å². The second kappa shape index (κ2) is 11.5. The number of esters is 2. The molecule has 8 nitrogen and oxygen atoms in total. The van der Waals surface area contributed by atoms with Gasteiger partial charge < -0.3 is 14.2 Å². The third-order valence-electron chi connectivity index (χ3n) is 6.48. The fraction of sp³-hybridized carbons (Fsp3) is 0.161. The molecule has 3 aromatic carbocycles. The highest BCUT2D eigenvalue weighted by Gasteiger charge is 2.33. The number of aromatic nitrogens is 1. The van der Waals surface area contributed by atoms with E-state index in [0.717, 1.165) is 11.1 Å². The number of rotatable bonds is 7. The molecule has 0 fully saturated rings. The SMILES string of the molecule is CCC1=C(C(=O)OC)[C@H](c2ccccc2)n2c(s/c(=C/c3ccc(OC(=O)c4ccc(OC)cc4)cc3)c2=O)=N1. The van der Waals surface area contributed by atoms with E-state index in [1.807, 2.05) is 37.3 Å². The van der Waals surface area contributed by atoms with Crippen molar-refractivity contribution in [2.45, 2.75) is 19.4 Å². The number of carbonyl (C=O) groups is 2. The summed E-state index contributed by atoms with van der Waals surface area (Å²) >= 11 is 1.26. The van der Waals surface area contributed by atoms with E-state index in [1.165, 1.54) is 18.4 Å². The molecule has 9 heteroatoms. The van der Waals surface area contributed by atoms with Crippen LogP contribution >= 0.6 is 11.3 Å². The van der Waals surface area contributed by atoms with Crippen molar-refractivity contribution in [3.63, 3.8) is 0 Å². The highest BCUT2D eigenvalue weighted by molar-refractivity contribution is 7.07. The maximum Gasteiger partial charge on any atom is 0.343 e. The minimum atomic E-state index is -0.651. The Morgan fingerprint density at radius 1 is 0.925 bits per heavy atom. The molecule has 0 saturated heterocycles. The molecule has 2 heterocycles. The molecule has 4 aromatic rings. The number of hydrogen-bond acceptors (Lipinski definition) is 8. The van der Waals surface area contributed by atoms with Crippen LogP contribution in [0.5, 0.6) is 11.5 Å². The molecular weight excluding hydrogens is 528 g/mol. The topological polar surface area (TPSA) is 96.2 Å². The van der Waals surface area contributed by atoms with Gasteiger partial charge in [-0.05, 0) is 60.0 Å². The third-order valence-corrected chi connectivity index (χ3v) is 7.46. The standard InChI is InChI=1S/C31H26N2O6S/c1-4-24-26(30(36)38-3)27(20-8-6-5-7-9-20)33-28(34)25(40-31(33)32-24)18-19-10-14-23(15-11-19)39-29(35)21-12-16-22(37-2)17-13-21/h5-18,27H,4H2,1-3H3/b25-18+/t27-/m0/s1. The number of thiazole rings is 1. The Balaban J connectivity index is 1.49. The second-order valence-corrected chi connectivity index (χ2v) is 9.90. The van der Waals surface area contributed by atoms with E-state index in [1.54, 1.807) is 66.3 Å². The van der Waals surface area contributed by atoms with Crippen LogP contribution in [0.15, 0.2) is 99.9 Å². The van der Waals surface area contributed by atoms with Gasteiger partial charge >= 0.3 is 11.9 Å². The van der Waals surface area contributed by atoms with Crippen molar-refractivity contribution in [1.82, 2.24) is 4.57 Å². The zero-order valence-electron chi connectivity index (χ0n) is 22.1. The predicted molar refractivity (Wildman–Crippen MR) is 151 cm³/mol. The molecule has 202 valence electrons. The Hall–Kier alpha value is -4.76. The van der Waals surface area contributed by atoms with Gasteiger partial charge in [0.1, 0.15) is 11.5 Å². The molecule has 0 amide bonds. The van der Waals surface area contributed by atoms with E-state index in [9.17, 15) is 14.4 Å². The van der Waals surface area contributed by atoms with Crippen molar-refractivity contribution in [1.29, 1.82) is 0 Å². The van der Waals surface area contributed by atoms with Gasteiger partial charge in [0.15, 0.2) is 4.80 Å². The summed E-state index contributed by atoms with van der Waals surface area (Å²) in [5, 5.41) is 0. The average molecular weight is 555 g/mol. The van der Waals surface area contributed by atoms with E-state index < -0.39 is 18.0 Å². The maximum absolute atomic E-state index is 13.7. The number of methoxy groups -OCH3 is 2. The maximum atomic E-state index is 13.7. The monoisotopic (exact) mass is 554 g/mol. The summed E-state index contributed by atoms with van der Waals surface area (Å²) in [5.74, 6) is 0.0220. The molecule has 0 unspecified atom stereocenters. The van der Waals surface area contributed by atoms with Gasteiger partial charge in [0.2, 0.25) is 0 Å². The zero-order chi connectivity index (χ0) is 28.2. The van der Waals surface area contributed by atoms with Crippen LogP contribution in [0.1, 0.15) is 40.9 Å². The summed E-state index contributed by atoms with van der Waals surface area (Å²) in [6.45, 7) is 1.92. The molecule has 0 spiro atoms. The highest BCUT2D eigenvalue weighted by atomic mass is 32.1. The lowest BCUT2D eigenvalue weighted by Crippen LogP contribution is -2.40. The predicted octanol–water partition coefficient (Wildman–Crippen LogP) is 4.03. The molecular formula is C31H26N2O6S. The lowest BCUT2D eigenvalue weighted by Gasteiger charge is -2.25. The van der Waals surface area contributed by atoms with E-state index in [2.05, 4.69) is 4.99 Å². The first-order chi connectivity index (χ1) is 19.4. The zero-order valence-corrected chi connectivity index (χ0v) is 22.9. The fourth-order valence-electron chi connectivity index (χ4n) is 4.49. The quantitative estimate of drug-likeness (QED) is 0.253. The Kier molecular flexibility index (Phi) is 7.75. The van der Waals surface area contributed by atoms with Crippen LogP contribution in [0.4, 0.5) is 0 Å². The molecule has 0 radical (unpaired) electrons. The number of carbonyl (C=O) groups excluding carboxylic acids is 2. The normalized spacial score (nSPS) is 14.8. The summed E-state index contributed by atoms with van der Waals surface area (Å²) < 4.78 is 17.7. The van der Waals surface area contributed by atoms with Crippen molar-refractivity contribution in [2.24, 2.45) is 4.99 Å². The van der Waals surface area contributed by atoms with Gasteiger partial charge in [-0.2, -0.15) is 0 Å². The number of benzene rings is 3. The minimum absolute atomic E-state index is 0.260. The Morgan fingerprint density at radius 2 is 1.60 bits per heavy atom. The molecule has 1 aromatic heterocycles. The van der Waals surface area contributed by atoms with Gasteiger partial charge in [-0.25, -0.2) is 14.6 Å². The lowest BCUT2D eigenvalue weighted by molar-refractivity contribution is -0.136. The molecule has 1 aliphatic rings. The van der Waals surface area contributed by atoms with Gasteiger partial charge in [-0.1, -0.05) is 60.7 Å². The van der Waals surface area contributed by atoms with E-state index in [0.29, 0.717) is 44.1 Å². The Bertz CT molecular complexity index is 1770. The molecule has 0 aliphatic carbocycles. The summed E-state index contributed by atoms with van der Waals surface area (Å²) in [7, 11) is 2.88. The van der Waals surface area contributed by atoms with E-state index in [-0.39, 0.29) is 5.56 Å². The molecule has 0 N–H and O–H groups in total. The molecule has 40 heavy (non-hydrogen) atoms. The second-order valence-electron chi connectivity index (χ2n) is 8.89. The van der Waals surface area contributed by atoms with Gasteiger partial charge in [0, 0.05) is 0 Å². The van der Waals surface area contributed by atoms with Gasteiger partial charge in [0.25, 0.3) is 5.56 Å². The van der Waals surface area contributed by atoms with Crippen LogP contribution in [0.2, 0.25) is 0 Å². The van der Waals surface area contributed by atoms with Crippen molar-refractivity contribution in [2.75, 3.05) is 14.2 Å². The van der Waals surface area contributed by atoms with E-state index in [4.69, 9.17) is 14.2 Å². The lowest BCUT2D eigenvalue weighted by atomic mass is 9.95. The first-order valence-corrected chi connectivity index (χ1v) is 13.4. The van der Waals surface area contributed by atoms with Gasteiger partial charge in [0.05, 0.1) is 41.6 Å². The highest BCUT2D eigenvalue weighted by Crippen LogP contribution is 2.31. The summed E-state index contributed by atoms with van der Waals surface area (Å²) in [6.07, 6.45) is 2.27. The van der Waals surface area contributed by atoms with Crippen molar-refractivity contribution < 1.29 is 23.8 Å². The number of allylic oxidation sites excluding steroid dienone is 1. The summed E-state index contributed by atoms with van der Waals surface area (Å²) in [4.78, 5) is 44.2. The first kappa shape index (κ1) is 26.8. The van der Waals surface area contributed by atoms with Crippen LogP contribution in [-0.2, 0) is 9.53 Å². The fourth-order valence-corrected chi connectivity index (χ4v) is 5.51. The largest absolute Gasteiger partial charge is 0.497 e. The number of nitrogens with zero attached hydrogens (tertiary/aromatic N) is 2. The van der Waals surface area contributed by atoms with Crippen LogP contribution in [0, 0.1) is 0 Å². The van der Waals surface area contributed by atoms with Crippen molar-refractivity contribution in [3.8, 4) is 11.5 Å². The average Bonchev–Trinajstić information content (AvgIpc) is 3.31. The molecule has 1 aliphatic heterocycles. The molecule has 5 rings (SSSR count). The number of hydrogen-bond donors (Lipinski definition) is 0. The number of fused-ring (bicyclic) bond motifs is 1. The molecule has 1 atom stereocenters. The van der Waals surface area contributed by atoms with Crippen molar-refractivity contribution in [3.05, 3.63) is 127 Å². The van der Waals surface area contributed by atoms with Crippen LogP contribution in [0.25, 0.3) is 6.08 Å². The number of ether oxygens (including phenoxy) is 3. The van der Waals surface area contributed by atoms with Gasteiger partial charge in [-0.15, -0.1) is 0 Å². The third kappa shape index (κ3) is 5.23. The van der Waals surface area contributed by atoms with Crippen LogP contribution in [0.3, 0.4) is 0 Å². The summed E-state index contributed by atoms with van der Waals surface area (Å²) in [5.41, 5.74) is 2.63. The molecule has 0 bridgehead atoms. The first-order valence-electron chi connectivity index (χ1n) is 12.6. The smallest absolute Gasteiger partial charge is 0.343 e. The van der Waals surface area contributed by atoms with Crippen LogP contribution in [-0.4, -0.2) is 30.7 Å². The summed E-state index contributed by atoms with van der Waals surface area (Å²) in [6, 6.07) is 22.3. The Labute approximate surface area is 234 Å². The Morgan fingerprint density at radius 3 is 2.23 bits per heavy atom.